The predicted molar refractivity (Wildman–Crippen MR) is 75.4 cm³/mol. The van der Waals surface area contributed by atoms with E-state index in [2.05, 4.69) is 43.4 Å². The Morgan fingerprint density at radius 2 is 2.25 bits per heavy atom. The summed E-state index contributed by atoms with van der Waals surface area (Å²) in [5.41, 5.74) is 0. The van der Waals surface area contributed by atoms with E-state index in [4.69, 9.17) is 0 Å². The minimum atomic E-state index is 0.762. The summed E-state index contributed by atoms with van der Waals surface area (Å²) in [6, 6.07) is 0.762. The van der Waals surface area contributed by atoms with E-state index >= 15 is 0 Å². The van der Waals surface area contributed by atoms with E-state index in [0.29, 0.717) is 0 Å². The number of piperidine rings is 1. The molecular formula is C13H28N2S. The quantitative estimate of drug-likeness (QED) is 0.717. The lowest BCUT2D eigenvalue weighted by molar-refractivity contribution is 0.121. The van der Waals surface area contributed by atoms with Gasteiger partial charge in [0.05, 0.1) is 0 Å². The SMILES string of the molecule is CCCC(CS)CN(C)C1CCCN(C)C1. The van der Waals surface area contributed by atoms with Crippen LogP contribution in [0, 0.1) is 5.92 Å². The van der Waals surface area contributed by atoms with Gasteiger partial charge in [0.2, 0.25) is 0 Å². The standard InChI is InChI=1S/C13H28N2S/c1-4-6-12(11-16)9-15(3)13-7-5-8-14(2)10-13/h12-13,16H,4-11H2,1-3H3. The van der Waals surface area contributed by atoms with Crippen LogP contribution in [-0.4, -0.2) is 55.3 Å². The van der Waals surface area contributed by atoms with Gasteiger partial charge >= 0.3 is 0 Å². The Labute approximate surface area is 107 Å². The van der Waals surface area contributed by atoms with Gasteiger partial charge in [-0.2, -0.15) is 12.6 Å². The molecule has 16 heavy (non-hydrogen) atoms. The van der Waals surface area contributed by atoms with E-state index in [1.807, 2.05) is 0 Å². The van der Waals surface area contributed by atoms with Crippen molar-refractivity contribution in [3.05, 3.63) is 0 Å². The van der Waals surface area contributed by atoms with Gasteiger partial charge in [0.1, 0.15) is 0 Å². The van der Waals surface area contributed by atoms with Gasteiger partial charge in [-0.1, -0.05) is 13.3 Å². The van der Waals surface area contributed by atoms with Crippen molar-refractivity contribution >= 4 is 12.6 Å². The summed E-state index contributed by atoms with van der Waals surface area (Å²) in [6.45, 7) is 6.00. The molecule has 1 fully saturated rings. The van der Waals surface area contributed by atoms with Crippen molar-refractivity contribution in [1.29, 1.82) is 0 Å². The van der Waals surface area contributed by atoms with E-state index in [1.54, 1.807) is 0 Å². The van der Waals surface area contributed by atoms with Crippen LogP contribution in [0.3, 0.4) is 0 Å². The lowest BCUT2D eigenvalue weighted by Crippen LogP contribution is -2.46. The van der Waals surface area contributed by atoms with Crippen molar-refractivity contribution < 1.29 is 0 Å². The molecule has 0 bridgehead atoms. The fraction of sp³-hybridized carbons (Fsp3) is 1.00. The second-order valence-corrected chi connectivity index (χ2v) is 5.70. The van der Waals surface area contributed by atoms with Crippen LogP contribution < -0.4 is 0 Å². The Morgan fingerprint density at radius 1 is 1.50 bits per heavy atom. The third kappa shape index (κ3) is 4.64. The second-order valence-electron chi connectivity index (χ2n) is 5.34. The third-order valence-electron chi connectivity index (χ3n) is 3.72. The number of hydrogen-bond acceptors (Lipinski definition) is 3. The maximum atomic E-state index is 4.47. The molecule has 2 unspecified atom stereocenters. The van der Waals surface area contributed by atoms with E-state index in [1.165, 1.54) is 45.3 Å². The van der Waals surface area contributed by atoms with Gasteiger partial charge in [0.25, 0.3) is 0 Å². The van der Waals surface area contributed by atoms with Crippen LogP contribution in [0.1, 0.15) is 32.6 Å². The molecule has 1 aliphatic heterocycles. The highest BCUT2D eigenvalue weighted by atomic mass is 32.1. The Morgan fingerprint density at radius 3 is 2.81 bits per heavy atom. The number of hydrogen-bond donors (Lipinski definition) is 1. The minimum Gasteiger partial charge on any atom is -0.305 e. The molecule has 1 heterocycles. The molecule has 3 heteroatoms. The first-order valence-electron chi connectivity index (χ1n) is 6.67. The van der Waals surface area contributed by atoms with Crippen LogP contribution >= 0.6 is 12.6 Å². The van der Waals surface area contributed by atoms with E-state index in [-0.39, 0.29) is 0 Å². The summed E-state index contributed by atoms with van der Waals surface area (Å²) in [6.07, 6.45) is 5.32. The lowest BCUT2D eigenvalue weighted by Gasteiger charge is -2.37. The van der Waals surface area contributed by atoms with Gasteiger partial charge < -0.3 is 9.80 Å². The molecule has 2 atom stereocenters. The van der Waals surface area contributed by atoms with Crippen molar-refractivity contribution in [2.24, 2.45) is 5.92 Å². The maximum Gasteiger partial charge on any atom is 0.0220 e. The molecule has 96 valence electrons. The fourth-order valence-electron chi connectivity index (χ4n) is 2.70. The van der Waals surface area contributed by atoms with Crippen molar-refractivity contribution in [1.82, 2.24) is 9.80 Å². The molecule has 0 amide bonds. The summed E-state index contributed by atoms with van der Waals surface area (Å²) in [4.78, 5) is 5.02. The molecule has 0 aromatic heterocycles. The van der Waals surface area contributed by atoms with Gasteiger partial charge in [-0.15, -0.1) is 0 Å². The highest BCUT2D eigenvalue weighted by molar-refractivity contribution is 7.80. The molecule has 0 N–H and O–H groups in total. The molecule has 0 aromatic carbocycles. The Hall–Kier alpha value is 0.270. The number of nitrogens with zero attached hydrogens (tertiary/aromatic N) is 2. The largest absolute Gasteiger partial charge is 0.305 e. The molecule has 2 nitrogen and oxygen atoms in total. The Balaban J connectivity index is 2.34. The van der Waals surface area contributed by atoms with Gasteiger partial charge in [-0.3, -0.25) is 0 Å². The summed E-state index contributed by atoms with van der Waals surface area (Å²) < 4.78 is 0. The first-order chi connectivity index (χ1) is 7.67. The normalized spacial score (nSPS) is 24.9. The minimum absolute atomic E-state index is 0.762. The second kappa shape index (κ2) is 7.57. The summed E-state index contributed by atoms with van der Waals surface area (Å²) in [7, 11) is 4.53. The molecule has 0 radical (unpaired) electrons. The summed E-state index contributed by atoms with van der Waals surface area (Å²) in [5.74, 6) is 1.80. The third-order valence-corrected chi connectivity index (χ3v) is 4.24. The van der Waals surface area contributed by atoms with Gasteiger partial charge in [0, 0.05) is 19.1 Å². The van der Waals surface area contributed by atoms with Crippen LogP contribution in [0.15, 0.2) is 0 Å². The molecule has 0 saturated carbocycles. The average molecular weight is 244 g/mol. The van der Waals surface area contributed by atoms with Gasteiger partial charge in [-0.05, 0) is 51.6 Å². The van der Waals surface area contributed by atoms with Gasteiger partial charge in [0.15, 0.2) is 0 Å². The zero-order chi connectivity index (χ0) is 12.0. The van der Waals surface area contributed by atoms with Crippen molar-refractivity contribution in [3.8, 4) is 0 Å². The molecule has 1 aliphatic rings. The number of likely N-dealkylation sites (N-methyl/N-ethyl adjacent to an activating group) is 2. The molecule has 1 saturated heterocycles. The van der Waals surface area contributed by atoms with Crippen LogP contribution in [-0.2, 0) is 0 Å². The van der Waals surface area contributed by atoms with Crippen LogP contribution in [0.5, 0.6) is 0 Å². The monoisotopic (exact) mass is 244 g/mol. The molecular weight excluding hydrogens is 216 g/mol. The van der Waals surface area contributed by atoms with E-state index in [9.17, 15) is 0 Å². The molecule has 0 spiro atoms. The highest BCUT2D eigenvalue weighted by Gasteiger charge is 2.22. The predicted octanol–water partition coefficient (Wildman–Crippen LogP) is 2.36. The maximum absolute atomic E-state index is 4.47. The van der Waals surface area contributed by atoms with Crippen LogP contribution in [0.2, 0.25) is 0 Å². The topological polar surface area (TPSA) is 6.48 Å². The molecule has 0 aliphatic carbocycles. The summed E-state index contributed by atoms with van der Waals surface area (Å²) in [5, 5.41) is 0. The lowest BCUT2D eigenvalue weighted by atomic mass is 10.0. The zero-order valence-electron chi connectivity index (χ0n) is 11.2. The number of likely N-dealkylation sites (tertiary alicyclic amines) is 1. The molecule has 1 rings (SSSR count). The van der Waals surface area contributed by atoms with E-state index < -0.39 is 0 Å². The highest BCUT2D eigenvalue weighted by Crippen LogP contribution is 2.17. The number of rotatable bonds is 6. The molecule has 0 aromatic rings. The number of thiol groups is 1. The summed E-state index contributed by atoms with van der Waals surface area (Å²) >= 11 is 4.47. The first kappa shape index (κ1) is 14.3. The zero-order valence-corrected chi connectivity index (χ0v) is 12.0. The van der Waals surface area contributed by atoms with Crippen LogP contribution in [0.25, 0.3) is 0 Å². The Kier molecular flexibility index (Phi) is 6.78. The van der Waals surface area contributed by atoms with Crippen molar-refractivity contribution in [3.63, 3.8) is 0 Å². The fourth-order valence-corrected chi connectivity index (χ4v) is 3.00. The van der Waals surface area contributed by atoms with Gasteiger partial charge in [-0.25, -0.2) is 0 Å². The van der Waals surface area contributed by atoms with E-state index in [0.717, 1.165) is 17.7 Å². The van der Waals surface area contributed by atoms with Crippen molar-refractivity contribution in [2.45, 2.75) is 38.6 Å². The first-order valence-corrected chi connectivity index (χ1v) is 7.30. The van der Waals surface area contributed by atoms with Crippen molar-refractivity contribution in [2.75, 3.05) is 39.5 Å². The Bertz CT molecular complexity index is 187. The smallest absolute Gasteiger partial charge is 0.0220 e. The van der Waals surface area contributed by atoms with Crippen LogP contribution in [0.4, 0.5) is 0 Å². The average Bonchev–Trinajstić information content (AvgIpc) is 2.28.